The number of allylic oxidation sites excluding steroid dienone is 4. The molecule has 1 rings (SSSR count). The molecule has 20 heavy (non-hydrogen) atoms. The molecule has 1 aliphatic carbocycles. The van der Waals surface area contributed by atoms with Crippen LogP contribution in [0.15, 0.2) is 29.0 Å². The van der Waals surface area contributed by atoms with Crippen molar-refractivity contribution in [3.63, 3.8) is 0 Å². The summed E-state index contributed by atoms with van der Waals surface area (Å²) in [7, 11) is 1.72. The summed E-state index contributed by atoms with van der Waals surface area (Å²) in [5.74, 6) is 0.626. The molecule has 0 aliphatic heterocycles. The van der Waals surface area contributed by atoms with E-state index in [1.165, 1.54) is 5.57 Å². The van der Waals surface area contributed by atoms with Gasteiger partial charge in [-0.25, -0.2) is 0 Å². The van der Waals surface area contributed by atoms with Crippen molar-refractivity contribution in [1.29, 1.82) is 0 Å². The van der Waals surface area contributed by atoms with Crippen LogP contribution < -0.4 is 0 Å². The number of hydrogen-bond acceptors (Lipinski definition) is 4. The van der Waals surface area contributed by atoms with Gasteiger partial charge in [0, 0.05) is 20.3 Å². The molecule has 2 unspecified atom stereocenters. The Hall–Kier alpha value is -1.00. The van der Waals surface area contributed by atoms with Crippen LogP contribution in [-0.4, -0.2) is 32.0 Å². The second-order valence-corrected chi connectivity index (χ2v) is 5.44. The minimum Gasteiger partial charge on any atom is -0.396 e. The van der Waals surface area contributed by atoms with E-state index in [-0.39, 0.29) is 12.5 Å². The lowest BCUT2D eigenvalue weighted by Crippen LogP contribution is -2.16. The van der Waals surface area contributed by atoms with E-state index in [2.05, 4.69) is 23.4 Å². The maximum absolute atomic E-state index is 10.5. The van der Waals surface area contributed by atoms with Crippen LogP contribution in [0.25, 0.3) is 0 Å². The molecule has 0 heterocycles. The fourth-order valence-electron chi connectivity index (χ4n) is 2.81. The second-order valence-electron chi connectivity index (χ2n) is 5.44. The third-order valence-electron chi connectivity index (χ3n) is 3.88. The molecule has 0 spiro atoms. The maximum atomic E-state index is 10.5. The number of nitrogens with zero attached hydrogens (tertiary/aromatic N) is 1. The van der Waals surface area contributed by atoms with Crippen LogP contribution in [0, 0.1) is 16.7 Å². The molecule has 114 valence electrons. The summed E-state index contributed by atoms with van der Waals surface area (Å²) in [6.07, 6.45) is 12.6. The lowest BCUT2D eigenvalue weighted by atomic mass is 9.82. The molecule has 0 aromatic rings. The smallest absolute Gasteiger partial charge is 0.0840 e. The fraction of sp³-hybridized carbons (Fsp3) is 0.750. The summed E-state index contributed by atoms with van der Waals surface area (Å²) >= 11 is 0. The first kappa shape index (κ1) is 17.1. The minimum absolute atomic E-state index is 0.125. The number of aliphatic hydroxyl groups excluding tert-OH is 1. The summed E-state index contributed by atoms with van der Waals surface area (Å²) in [6, 6.07) is 0. The number of methoxy groups -OCH3 is 1. The highest BCUT2D eigenvalue weighted by Gasteiger charge is 2.19. The third kappa shape index (κ3) is 6.44. The molecule has 4 nitrogen and oxygen atoms in total. The molecule has 0 aromatic carbocycles. The van der Waals surface area contributed by atoms with E-state index in [1.807, 2.05) is 0 Å². The van der Waals surface area contributed by atoms with Crippen LogP contribution in [0.5, 0.6) is 0 Å². The lowest BCUT2D eigenvalue weighted by Gasteiger charge is -2.24. The maximum Gasteiger partial charge on any atom is 0.0840 e. The molecular formula is C16H27NO3. The van der Waals surface area contributed by atoms with Crippen LogP contribution >= 0.6 is 0 Å². The van der Waals surface area contributed by atoms with Gasteiger partial charge in [-0.3, -0.25) is 0 Å². The highest BCUT2D eigenvalue weighted by Crippen LogP contribution is 2.30. The number of hydrogen-bond donors (Lipinski definition) is 1. The summed E-state index contributed by atoms with van der Waals surface area (Å²) < 4.78 is 5.13. The molecule has 2 atom stereocenters. The van der Waals surface area contributed by atoms with Crippen molar-refractivity contribution in [2.75, 3.05) is 26.9 Å². The van der Waals surface area contributed by atoms with Crippen molar-refractivity contribution in [2.24, 2.45) is 17.0 Å². The van der Waals surface area contributed by atoms with Gasteiger partial charge in [0.05, 0.1) is 6.54 Å². The van der Waals surface area contributed by atoms with Crippen molar-refractivity contribution < 1.29 is 9.84 Å². The van der Waals surface area contributed by atoms with Crippen molar-refractivity contribution in [3.05, 3.63) is 28.7 Å². The molecule has 0 amide bonds. The number of aliphatic hydroxyl groups is 1. The largest absolute Gasteiger partial charge is 0.396 e. The van der Waals surface area contributed by atoms with Crippen LogP contribution in [0.1, 0.15) is 38.5 Å². The van der Waals surface area contributed by atoms with E-state index in [4.69, 9.17) is 9.84 Å². The first-order valence-corrected chi connectivity index (χ1v) is 7.57. The Morgan fingerprint density at radius 2 is 2.25 bits per heavy atom. The Balaban J connectivity index is 2.61. The summed E-state index contributed by atoms with van der Waals surface area (Å²) in [5, 5.41) is 12.1. The van der Waals surface area contributed by atoms with Crippen molar-refractivity contribution in [2.45, 2.75) is 38.5 Å². The van der Waals surface area contributed by atoms with E-state index in [9.17, 15) is 4.91 Å². The molecule has 0 fully saturated rings. The predicted molar refractivity (Wildman–Crippen MR) is 81.5 cm³/mol. The predicted octanol–water partition coefficient (Wildman–Crippen LogP) is 3.46. The molecule has 4 heteroatoms. The van der Waals surface area contributed by atoms with E-state index in [0.717, 1.165) is 38.7 Å². The number of rotatable bonds is 11. The van der Waals surface area contributed by atoms with Crippen LogP contribution in [0.4, 0.5) is 0 Å². The summed E-state index contributed by atoms with van der Waals surface area (Å²) in [5.41, 5.74) is 1.38. The van der Waals surface area contributed by atoms with Crippen molar-refractivity contribution in [1.82, 2.24) is 0 Å². The van der Waals surface area contributed by atoms with E-state index >= 15 is 0 Å². The number of ether oxygens (including phenoxy) is 1. The Labute approximate surface area is 121 Å². The Morgan fingerprint density at radius 1 is 1.40 bits per heavy atom. The topological polar surface area (TPSA) is 58.9 Å². The average molecular weight is 281 g/mol. The quantitative estimate of drug-likeness (QED) is 0.466. The summed E-state index contributed by atoms with van der Waals surface area (Å²) in [6.45, 7) is 1.20. The van der Waals surface area contributed by atoms with Gasteiger partial charge in [-0.15, -0.1) is 0 Å². The molecule has 0 saturated heterocycles. The first-order chi connectivity index (χ1) is 9.81. The van der Waals surface area contributed by atoms with Gasteiger partial charge in [-0.1, -0.05) is 23.4 Å². The Kier molecular flexibility index (Phi) is 9.16. The van der Waals surface area contributed by atoms with Gasteiger partial charge in [0.2, 0.25) is 0 Å². The van der Waals surface area contributed by atoms with E-state index in [1.54, 1.807) is 7.11 Å². The van der Waals surface area contributed by atoms with Crippen LogP contribution in [0.3, 0.4) is 0 Å². The Morgan fingerprint density at radius 3 is 2.85 bits per heavy atom. The van der Waals surface area contributed by atoms with E-state index < -0.39 is 0 Å². The molecular weight excluding hydrogens is 254 g/mol. The van der Waals surface area contributed by atoms with Crippen LogP contribution in [-0.2, 0) is 4.74 Å². The molecule has 1 aliphatic rings. The molecule has 1 N–H and O–H groups in total. The van der Waals surface area contributed by atoms with Gasteiger partial charge in [0.1, 0.15) is 0 Å². The normalized spacial score (nSPS) is 17.6. The van der Waals surface area contributed by atoms with Gasteiger partial charge >= 0.3 is 0 Å². The molecule has 0 bridgehead atoms. The van der Waals surface area contributed by atoms with Gasteiger partial charge in [-0.2, -0.15) is 4.91 Å². The molecule has 0 aromatic heterocycles. The zero-order valence-corrected chi connectivity index (χ0v) is 12.5. The third-order valence-corrected chi connectivity index (χ3v) is 3.88. The van der Waals surface area contributed by atoms with Gasteiger partial charge in [0.25, 0.3) is 0 Å². The van der Waals surface area contributed by atoms with Crippen LogP contribution in [0.2, 0.25) is 0 Å². The standard InChI is InChI=1S/C16H27NO3/c1-20-11-5-8-16(15-6-3-2-4-7-15)12-14(9-10-18)13-17-19/h3,6-7,14,16,18H,2,4-5,8-13H2,1H3. The van der Waals surface area contributed by atoms with E-state index in [0.29, 0.717) is 18.9 Å². The lowest BCUT2D eigenvalue weighted by molar-refractivity contribution is 0.185. The monoisotopic (exact) mass is 281 g/mol. The average Bonchev–Trinajstić information content (AvgIpc) is 2.48. The fourth-order valence-corrected chi connectivity index (χ4v) is 2.81. The highest BCUT2D eigenvalue weighted by atomic mass is 16.5. The highest BCUT2D eigenvalue weighted by molar-refractivity contribution is 5.25. The van der Waals surface area contributed by atoms with Gasteiger partial charge < -0.3 is 9.84 Å². The van der Waals surface area contributed by atoms with Gasteiger partial charge in [0.15, 0.2) is 0 Å². The Bertz CT molecular complexity index is 326. The zero-order chi connectivity index (χ0) is 14.6. The SMILES string of the molecule is COCCCC(CC(CCO)CN=O)C1=CCCC=C1. The molecule has 0 radical (unpaired) electrons. The second kappa shape index (κ2) is 10.7. The molecule has 0 saturated carbocycles. The minimum atomic E-state index is 0.125. The first-order valence-electron chi connectivity index (χ1n) is 7.57. The number of nitroso groups, excluding NO2 is 1. The van der Waals surface area contributed by atoms with Gasteiger partial charge in [-0.05, 0) is 55.9 Å². The van der Waals surface area contributed by atoms with Crippen molar-refractivity contribution in [3.8, 4) is 0 Å². The van der Waals surface area contributed by atoms with Crippen molar-refractivity contribution >= 4 is 0 Å². The zero-order valence-electron chi connectivity index (χ0n) is 12.5. The summed E-state index contributed by atoms with van der Waals surface area (Å²) in [4.78, 5) is 10.5.